The fourth-order valence-electron chi connectivity index (χ4n) is 1.55. The second kappa shape index (κ2) is 6.80. The predicted molar refractivity (Wildman–Crippen MR) is 82.9 cm³/mol. The van der Waals surface area contributed by atoms with Crippen molar-refractivity contribution in [1.29, 1.82) is 5.26 Å². The Balaban J connectivity index is 2.94. The zero-order chi connectivity index (χ0) is 16.0. The third kappa shape index (κ3) is 5.19. The zero-order valence-corrected chi connectivity index (χ0v) is 13.1. The number of nitrogens with one attached hydrogen (secondary N) is 2. The van der Waals surface area contributed by atoms with Crippen molar-refractivity contribution in [2.24, 2.45) is 0 Å². The van der Waals surface area contributed by atoms with Gasteiger partial charge in [0.15, 0.2) is 0 Å². The normalized spacial score (nSPS) is 11.5. The largest absolute Gasteiger partial charge is 0.495 e. The van der Waals surface area contributed by atoms with Crippen LogP contribution in [0.4, 0.5) is 5.69 Å². The van der Waals surface area contributed by atoms with Crippen molar-refractivity contribution in [2.75, 3.05) is 12.4 Å². The molecule has 2 N–H and O–H groups in total. The molecule has 21 heavy (non-hydrogen) atoms. The van der Waals surface area contributed by atoms with Gasteiger partial charge in [0.25, 0.3) is 5.91 Å². The molecule has 0 spiro atoms. The smallest absolute Gasteiger partial charge is 0.267 e. The number of anilines is 1. The van der Waals surface area contributed by atoms with Crippen LogP contribution in [0.25, 0.3) is 0 Å². The number of carbonyl (C=O) groups is 1. The van der Waals surface area contributed by atoms with Crippen LogP contribution >= 0.6 is 0 Å². The van der Waals surface area contributed by atoms with Crippen molar-refractivity contribution in [3.63, 3.8) is 0 Å². The molecule has 0 atom stereocenters. The lowest BCUT2D eigenvalue weighted by molar-refractivity contribution is -0.112. The van der Waals surface area contributed by atoms with Crippen molar-refractivity contribution in [1.82, 2.24) is 5.32 Å². The van der Waals surface area contributed by atoms with Crippen molar-refractivity contribution >= 4 is 11.6 Å². The van der Waals surface area contributed by atoms with Crippen molar-refractivity contribution in [3.8, 4) is 11.8 Å². The summed E-state index contributed by atoms with van der Waals surface area (Å²) in [5, 5.41) is 14.8. The van der Waals surface area contributed by atoms with Crippen LogP contribution in [0.2, 0.25) is 0 Å². The Kier molecular flexibility index (Phi) is 5.37. The van der Waals surface area contributed by atoms with E-state index < -0.39 is 5.91 Å². The number of aryl methyl sites for hydroxylation is 1. The maximum absolute atomic E-state index is 12.1. The maximum atomic E-state index is 12.1. The molecule has 0 saturated carbocycles. The number of amides is 1. The Hall–Kier alpha value is -2.48. The Labute approximate surface area is 125 Å². The summed E-state index contributed by atoms with van der Waals surface area (Å²) in [7, 11) is 1.53. The van der Waals surface area contributed by atoms with E-state index in [1.165, 1.54) is 13.3 Å². The number of ether oxygens (including phenoxy) is 1. The molecule has 1 aromatic carbocycles. The molecule has 0 aliphatic rings. The van der Waals surface area contributed by atoms with Crippen LogP contribution in [0.15, 0.2) is 30.0 Å². The van der Waals surface area contributed by atoms with Gasteiger partial charge in [0, 0.05) is 11.7 Å². The highest BCUT2D eigenvalue weighted by Crippen LogP contribution is 2.25. The first-order chi connectivity index (χ1) is 9.76. The molecule has 0 unspecified atom stereocenters. The molecule has 1 aromatic rings. The average Bonchev–Trinajstić information content (AvgIpc) is 2.38. The van der Waals surface area contributed by atoms with Crippen LogP contribution < -0.4 is 15.4 Å². The number of nitrogens with zero attached hydrogens (tertiary/aromatic N) is 1. The number of rotatable bonds is 4. The molecule has 0 fully saturated rings. The van der Waals surface area contributed by atoms with Gasteiger partial charge in [-0.2, -0.15) is 5.26 Å². The highest BCUT2D eigenvalue weighted by Gasteiger charge is 2.14. The van der Waals surface area contributed by atoms with Crippen molar-refractivity contribution < 1.29 is 9.53 Å². The van der Waals surface area contributed by atoms with Crippen LogP contribution in [-0.4, -0.2) is 18.6 Å². The second-order valence-electron chi connectivity index (χ2n) is 5.72. The van der Waals surface area contributed by atoms with E-state index in [4.69, 9.17) is 10.00 Å². The number of nitriles is 1. The van der Waals surface area contributed by atoms with E-state index in [-0.39, 0.29) is 11.1 Å². The molecule has 0 saturated heterocycles. The van der Waals surface area contributed by atoms with Crippen LogP contribution in [0, 0.1) is 18.3 Å². The maximum Gasteiger partial charge on any atom is 0.267 e. The van der Waals surface area contributed by atoms with Gasteiger partial charge in [-0.25, -0.2) is 0 Å². The molecule has 0 aromatic heterocycles. The molecular weight excluding hydrogens is 266 g/mol. The van der Waals surface area contributed by atoms with Gasteiger partial charge in [0.1, 0.15) is 17.4 Å². The summed E-state index contributed by atoms with van der Waals surface area (Å²) in [6.45, 7) is 7.75. The fourth-order valence-corrected chi connectivity index (χ4v) is 1.55. The number of carbonyl (C=O) groups excluding carboxylic acids is 1. The van der Waals surface area contributed by atoms with Crippen LogP contribution in [0.5, 0.6) is 5.75 Å². The Morgan fingerprint density at radius 1 is 1.38 bits per heavy atom. The SMILES string of the molecule is COc1ccc(C)cc1NC(=O)/C(C#N)=C\NC(C)(C)C. The monoisotopic (exact) mass is 287 g/mol. The third-order valence-electron chi connectivity index (χ3n) is 2.62. The molecule has 5 nitrogen and oxygen atoms in total. The molecule has 0 aliphatic heterocycles. The Morgan fingerprint density at radius 2 is 2.05 bits per heavy atom. The second-order valence-corrected chi connectivity index (χ2v) is 5.72. The van der Waals surface area contributed by atoms with Gasteiger partial charge >= 0.3 is 0 Å². The van der Waals surface area contributed by atoms with E-state index in [0.717, 1.165) is 5.56 Å². The standard InChI is InChI=1S/C16H21N3O2/c1-11-6-7-14(21-5)13(8-11)19-15(20)12(9-17)10-18-16(2,3)4/h6-8,10,18H,1-5H3,(H,19,20)/b12-10-. The van der Waals surface area contributed by atoms with Gasteiger partial charge in [-0.1, -0.05) is 6.07 Å². The van der Waals surface area contributed by atoms with Crippen molar-refractivity contribution in [2.45, 2.75) is 33.2 Å². The van der Waals surface area contributed by atoms with Crippen LogP contribution in [0.3, 0.4) is 0 Å². The number of methoxy groups -OCH3 is 1. The predicted octanol–water partition coefficient (Wildman–Crippen LogP) is 2.74. The lowest BCUT2D eigenvalue weighted by Gasteiger charge is -2.19. The number of hydrogen-bond donors (Lipinski definition) is 2. The van der Waals surface area contributed by atoms with Gasteiger partial charge in [0.2, 0.25) is 0 Å². The Bertz CT molecular complexity index is 593. The minimum atomic E-state index is -0.474. The van der Waals surface area contributed by atoms with Gasteiger partial charge in [-0.05, 0) is 45.4 Å². The summed E-state index contributed by atoms with van der Waals surface area (Å²) in [5.74, 6) is 0.0770. The van der Waals surface area contributed by atoms with E-state index in [1.54, 1.807) is 12.1 Å². The minimum absolute atomic E-state index is 0.00786. The van der Waals surface area contributed by atoms with Crippen LogP contribution in [0.1, 0.15) is 26.3 Å². The molecule has 0 heterocycles. The van der Waals surface area contributed by atoms with Crippen molar-refractivity contribution in [3.05, 3.63) is 35.5 Å². The lowest BCUT2D eigenvalue weighted by atomic mass is 10.1. The number of benzene rings is 1. The lowest BCUT2D eigenvalue weighted by Crippen LogP contribution is -2.32. The summed E-state index contributed by atoms with van der Waals surface area (Å²) in [4.78, 5) is 12.1. The van der Waals surface area contributed by atoms with E-state index in [0.29, 0.717) is 11.4 Å². The van der Waals surface area contributed by atoms with E-state index in [2.05, 4.69) is 10.6 Å². The Morgan fingerprint density at radius 3 is 2.57 bits per heavy atom. The highest BCUT2D eigenvalue weighted by molar-refractivity contribution is 6.07. The molecule has 112 valence electrons. The molecule has 0 aliphatic carbocycles. The van der Waals surface area contributed by atoms with Gasteiger partial charge in [0.05, 0.1) is 12.8 Å². The molecule has 1 rings (SSSR count). The average molecular weight is 287 g/mol. The third-order valence-corrected chi connectivity index (χ3v) is 2.62. The quantitative estimate of drug-likeness (QED) is 0.659. The minimum Gasteiger partial charge on any atom is -0.495 e. The summed E-state index contributed by atoms with van der Waals surface area (Å²) in [6.07, 6.45) is 1.43. The summed E-state index contributed by atoms with van der Waals surface area (Å²) >= 11 is 0. The summed E-state index contributed by atoms with van der Waals surface area (Å²) in [5.41, 5.74) is 1.32. The van der Waals surface area contributed by atoms with Gasteiger partial charge in [-0.15, -0.1) is 0 Å². The summed E-state index contributed by atoms with van der Waals surface area (Å²) in [6, 6.07) is 7.34. The highest BCUT2D eigenvalue weighted by atomic mass is 16.5. The van der Waals surface area contributed by atoms with E-state index in [1.807, 2.05) is 39.8 Å². The topological polar surface area (TPSA) is 74.1 Å². The molecule has 1 amide bonds. The van der Waals surface area contributed by atoms with Gasteiger partial charge in [-0.3, -0.25) is 4.79 Å². The van der Waals surface area contributed by atoms with E-state index >= 15 is 0 Å². The first-order valence-corrected chi connectivity index (χ1v) is 6.61. The molecular formula is C16H21N3O2. The van der Waals surface area contributed by atoms with Crippen LogP contribution in [-0.2, 0) is 4.79 Å². The molecule has 0 bridgehead atoms. The van der Waals surface area contributed by atoms with E-state index in [9.17, 15) is 4.79 Å². The fraction of sp³-hybridized carbons (Fsp3) is 0.375. The van der Waals surface area contributed by atoms with Gasteiger partial charge < -0.3 is 15.4 Å². The summed E-state index contributed by atoms with van der Waals surface area (Å²) < 4.78 is 5.20. The first kappa shape index (κ1) is 16.6. The first-order valence-electron chi connectivity index (χ1n) is 6.61. The number of hydrogen-bond acceptors (Lipinski definition) is 4. The molecule has 5 heteroatoms. The molecule has 0 radical (unpaired) electrons. The zero-order valence-electron chi connectivity index (χ0n) is 13.1.